The predicted molar refractivity (Wildman–Crippen MR) is 138 cm³/mol. The standard InChI is InChI=1S/C28H30N4O3/c1-16-12-22(28(34)32-14-17(2)29-18(3)15-32)25(30-16)13-23-26-21(6-5-7-24(26)31-27(23)33)19-8-10-20(35-4)11-9-19/h5-13,17-18,29-30H,14-15H2,1-4H3,(H,31,33)/t17-,18+. The zero-order chi connectivity index (χ0) is 24.7. The van der Waals surface area contributed by atoms with E-state index in [2.05, 4.69) is 29.5 Å². The number of benzene rings is 2. The number of fused-ring (bicyclic) bond motifs is 1. The van der Waals surface area contributed by atoms with Crippen molar-refractivity contribution < 1.29 is 14.3 Å². The van der Waals surface area contributed by atoms with Crippen molar-refractivity contribution in [2.45, 2.75) is 32.9 Å². The van der Waals surface area contributed by atoms with Gasteiger partial charge in [-0.2, -0.15) is 0 Å². The van der Waals surface area contributed by atoms with Crippen LogP contribution in [0.25, 0.3) is 22.8 Å². The molecule has 2 amide bonds. The van der Waals surface area contributed by atoms with Gasteiger partial charge in [-0.15, -0.1) is 0 Å². The van der Waals surface area contributed by atoms with Crippen LogP contribution >= 0.6 is 0 Å². The molecule has 7 heteroatoms. The molecule has 1 fully saturated rings. The Morgan fingerprint density at radius 1 is 1.09 bits per heavy atom. The molecule has 0 unspecified atom stereocenters. The zero-order valence-corrected chi connectivity index (χ0v) is 20.4. The minimum Gasteiger partial charge on any atom is -0.497 e. The van der Waals surface area contributed by atoms with Crippen LogP contribution in [0.15, 0.2) is 48.5 Å². The number of aromatic amines is 1. The second kappa shape index (κ2) is 9.07. The van der Waals surface area contributed by atoms with E-state index in [1.54, 1.807) is 7.11 Å². The third-order valence-electron chi connectivity index (χ3n) is 6.57. The number of H-pyrrole nitrogens is 1. The van der Waals surface area contributed by atoms with Crippen LogP contribution in [0.1, 0.15) is 41.2 Å². The highest BCUT2D eigenvalue weighted by Gasteiger charge is 2.30. The van der Waals surface area contributed by atoms with Gasteiger partial charge in [0.25, 0.3) is 11.8 Å². The fourth-order valence-corrected chi connectivity index (χ4v) is 5.11. The Bertz CT molecular complexity index is 1310. The first-order chi connectivity index (χ1) is 16.8. The molecule has 2 aromatic carbocycles. The molecule has 3 N–H and O–H groups in total. The summed E-state index contributed by atoms with van der Waals surface area (Å²) in [5.41, 5.74) is 6.15. The first kappa shape index (κ1) is 22.9. The summed E-state index contributed by atoms with van der Waals surface area (Å²) in [5.74, 6) is 0.562. The van der Waals surface area contributed by atoms with Gasteiger partial charge in [-0.05, 0) is 62.2 Å². The number of nitrogens with zero attached hydrogens (tertiary/aromatic N) is 1. The molecule has 1 saturated heterocycles. The van der Waals surface area contributed by atoms with Gasteiger partial charge in [0.15, 0.2) is 0 Å². The SMILES string of the molecule is COc1ccc(-c2cccc3c2C(=Cc2[nH]c(C)cc2C(=O)N2C[C@@H](C)N[C@@H](C)C2)C(=O)N3)cc1. The van der Waals surface area contributed by atoms with Gasteiger partial charge in [-0.1, -0.05) is 24.3 Å². The molecule has 180 valence electrons. The minimum atomic E-state index is -0.184. The molecule has 0 aliphatic carbocycles. The van der Waals surface area contributed by atoms with Gasteiger partial charge in [0.2, 0.25) is 0 Å². The molecule has 7 nitrogen and oxygen atoms in total. The molecule has 0 bridgehead atoms. The summed E-state index contributed by atoms with van der Waals surface area (Å²) >= 11 is 0. The van der Waals surface area contributed by atoms with E-state index in [-0.39, 0.29) is 23.9 Å². The van der Waals surface area contributed by atoms with Crippen molar-refractivity contribution in [3.8, 4) is 16.9 Å². The largest absolute Gasteiger partial charge is 0.497 e. The number of carbonyl (C=O) groups excluding carboxylic acids is 2. The second-order valence-electron chi connectivity index (χ2n) is 9.43. The number of carbonyl (C=O) groups is 2. The Morgan fingerprint density at radius 2 is 1.80 bits per heavy atom. The molecule has 2 atom stereocenters. The minimum absolute atomic E-state index is 0.0246. The Morgan fingerprint density at radius 3 is 2.49 bits per heavy atom. The summed E-state index contributed by atoms with van der Waals surface area (Å²) in [6, 6.07) is 15.9. The van der Waals surface area contributed by atoms with Crippen LogP contribution < -0.4 is 15.4 Å². The maximum absolute atomic E-state index is 13.5. The molecule has 35 heavy (non-hydrogen) atoms. The molecule has 0 radical (unpaired) electrons. The maximum atomic E-state index is 13.5. The van der Waals surface area contributed by atoms with E-state index in [4.69, 9.17) is 4.74 Å². The highest BCUT2D eigenvalue weighted by atomic mass is 16.5. The summed E-state index contributed by atoms with van der Waals surface area (Å²) in [6.45, 7) is 7.39. The highest BCUT2D eigenvalue weighted by molar-refractivity contribution is 6.36. The summed E-state index contributed by atoms with van der Waals surface area (Å²) in [6.07, 6.45) is 1.81. The van der Waals surface area contributed by atoms with Crippen molar-refractivity contribution in [1.29, 1.82) is 0 Å². The number of aryl methyl sites for hydroxylation is 1. The van der Waals surface area contributed by atoms with Gasteiger partial charge in [0.1, 0.15) is 5.75 Å². The van der Waals surface area contributed by atoms with Crippen LogP contribution in [0.4, 0.5) is 5.69 Å². The average Bonchev–Trinajstić information content (AvgIpc) is 3.37. The zero-order valence-electron chi connectivity index (χ0n) is 20.4. The molecule has 2 aliphatic heterocycles. The third-order valence-corrected chi connectivity index (χ3v) is 6.57. The van der Waals surface area contributed by atoms with E-state index in [1.807, 2.05) is 66.4 Å². The summed E-state index contributed by atoms with van der Waals surface area (Å²) in [7, 11) is 1.64. The number of ether oxygens (including phenoxy) is 1. The number of nitrogens with one attached hydrogen (secondary N) is 3. The number of hydrogen-bond acceptors (Lipinski definition) is 4. The first-order valence-corrected chi connectivity index (χ1v) is 11.9. The quantitative estimate of drug-likeness (QED) is 0.496. The van der Waals surface area contributed by atoms with Gasteiger partial charge in [0.05, 0.1) is 23.9 Å². The van der Waals surface area contributed by atoms with Crippen LogP contribution in [0.5, 0.6) is 5.75 Å². The Kier molecular flexibility index (Phi) is 5.94. The normalized spacial score (nSPS) is 20.6. The fourth-order valence-electron chi connectivity index (χ4n) is 5.11. The number of piperazine rings is 1. The van der Waals surface area contributed by atoms with Gasteiger partial charge in [0, 0.05) is 42.1 Å². The number of aromatic nitrogens is 1. The Balaban J connectivity index is 1.56. The number of amides is 2. The van der Waals surface area contributed by atoms with Crippen molar-refractivity contribution in [1.82, 2.24) is 15.2 Å². The fraction of sp³-hybridized carbons (Fsp3) is 0.286. The van der Waals surface area contributed by atoms with Gasteiger partial charge in [-0.25, -0.2) is 0 Å². The van der Waals surface area contributed by atoms with Gasteiger partial charge in [-0.3, -0.25) is 9.59 Å². The van der Waals surface area contributed by atoms with Crippen LogP contribution in [-0.2, 0) is 4.79 Å². The molecule has 3 aromatic rings. The average molecular weight is 471 g/mol. The molecule has 3 heterocycles. The smallest absolute Gasteiger partial charge is 0.256 e. The van der Waals surface area contributed by atoms with Gasteiger partial charge >= 0.3 is 0 Å². The Hall–Kier alpha value is -3.84. The number of rotatable bonds is 4. The molecule has 1 aromatic heterocycles. The van der Waals surface area contributed by atoms with E-state index < -0.39 is 0 Å². The summed E-state index contributed by atoms with van der Waals surface area (Å²) in [5, 5.41) is 6.45. The predicted octanol–water partition coefficient (Wildman–Crippen LogP) is 4.31. The topological polar surface area (TPSA) is 86.5 Å². The summed E-state index contributed by atoms with van der Waals surface area (Å²) in [4.78, 5) is 31.8. The van der Waals surface area contributed by atoms with Crippen LogP contribution in [0.3, 0.4) is 0 Å². The molecule has 0 spiro atoms. The highest BCUT2D eigenvalue weighted by Crippen LogP contribution is 2.41. The lowest BCUT2D eigenvalue weighted by molar-refractivity contribution is -0.110. The molecule has 0 saturated carbocycles. The number of methoxy groups -OCH3 is 1. The lowest BCUT2D eigenvalue weighted by Gasteiger charge is -2.36. The van der Waals surface area contributed by atoms with Crippen molar-refractivity contribution in [2.75, 3.05) is 25.5 Å². The molecular weight excluding hydrogens is 440 g/mol. The van der Waals surface area contributed by atoms with Crippen LogP contribution in [-0.4, -0.2) is 54.0 Å². The summed E-state index contributed by atoms with van der Waals surface area (Å²) < 4.78 is 5.29. The van der Waals surface area contributed by atoms with Gasteiger partial charge < -0.3 is 25.3 Å². The van der Waals surface area contributed by atoms with E-state index in [1.165, 1.54) is 0 Å². The molecule has 2 aliphatic rings. The van der Waals surface area contributed by atoms with Crippen molar-refractivity contribution in [2.24, 2.45) is 0 Å². The van der Waals surface area contributed by atoms with Crippen molar-refractivity contribution in [3.63, 3.8) is 0 Å². The molecular formula is C28H30N4O3. The number of hydrogen-bond donors (Lipinski definition) is 3. The first-order valence-electron chi connectivity index (χ1n) is 11.9. The molecule has 5 rings (SSSR count). The monoisotopic (exact) mass is 470 g/mol. The third kappa shape index (κ3) is 4.35. The maximum Gasteiger partial charge on any atom is 0.256 e. The van der Waals surface area contributed by atoms with Crippen molar-refractivity contribution in [3.05, 3.63) is 71.0 Å². The second-order valence-corrected chi connectivity index (χ2v) is 9.43. The van der Waals surface area contributed by atoms with Crippen molar-refractivity contribution >= 4 is 29.2 Å². The number of anilines is 1. The van der Waals surface area contributed by atoms with Crippen LogP contribution in [0, 0.1) is 6.92 Å². The lowest BCUT2D eigenvalue weighted by Crippen LogP contribution is -2.55. The van der Waals surface area contributed by atoms with E-state index in [0.717, 1.165) is 33.8 Å². The lowest BCUT2D eigenvalue weighted by atomic mass is 9.94. The van der Waals surface area contributed by atoms with E-state index in [0.29, 0.717) is 29.9 Å². The van der Waals surface area contributed by atoms with Crippen LogP contribution in [0.2, 0.25) is 0 Å². The van der Waals surface area contributed by atoms with E-state index >= 15 is 0 Å². The van der Waals surface area contributed by atoms with E-state index in [9.17, 15) is 9.59 Å². The Labute approximate surface area is 205 Å².